The fourth-order valence-electron chi connectivity index (χ4n) is 4.21. The first kappa shape index (κ1) is 16.9. The van der Waals surface area contributed by atoms with Crippen molar-refractivity contribution in [1.82, 2.24) is 4.90 Å². The number of nitrogens with zero attached hydrogens (tertiary/aromatic N) is 1. The van der Waals surface area contributed by atoms with Crippen molar-refractivity contribution >= 4 is 5.97 Å². The molecule has 1 spiro atoms. The van der Waals surface area contributed by atoms with Gasteiger partial charge in [0.25, 0.3) is 0 Å². The lowest BCUT2D eigenvalue weighted by atomic mass is 9.82. The molecule has 1 aliphatic heterocycles. The van der Waals surface area contributed by atoms with E-state index in [1.807, 2.05) is 12.1 Å². The van der Waals surface area contributed by atoms with Gasteiger partial charge in [0.15, 0.2) is 5.60 Å². The molecule has 4 rings (SSSR count). The highest BCUT2D eigenvalue weighted by molar-refractivity contribution is 5.86. The van der Waals surface area contributed by atoms with Gasteiger partial charge in [-0.1, -0.05) is 67.1 Å². The predicted molar refractivity (Wildman–Crippen MR) is 102 cm³/mol. The molecular formula is C23H25NO2. The van der Waals surface area contributed by atoms with E-state index in [0.29, 0.717) is 0 Å². The van der Waals surface area contributed by atoms with Crippen LogP contribution < -0.4 is 0 Å². The van der Waals surface area contributed by atoms with Crippen LogP contribution in [0, 0.1) is 0 Å². The lowest BCUT2D eigenvalue weighted by molar-refractivity contribution is -0.149. The van der Waals surface area contributed by atoms with Crippen LogP contribution in [-0.4, -0.2) is 16.5 Å². The van der Waals surface area contributed by atoms with Crippen LogP contribution in [0.4, 0.5) is 0 Å². The Morgan fingerprint density at radius 3 is 1.88 bits per heavy atom. The highest BCUT2D eigenvalue weighted by Crippen LogP contribution is 2.43. The van der Waals surface area contributed by atoms with Gasteiger partial charge in [-0.3, -0.25) is 0 Å². The van der Waals surface area contributed by atoms with Gasteiger partial charge in [-0.2, -0.15) is 0 Å². The van der Waals surface area contributed by atoms with E-state index in [-0.39, 0.29) is 5.97 Å². The van der Waals surface area contributed by atoms with E-state index in [1.54, 1.807) is 6.08 Å². The van der Waals surface area contributed by atoms with E-state index in [9.17, 15) is 4.79 Å². The summed E-state index contributed by atoms with van der Waals surface area (Å²) in [5.41, 5.74) is 3.14. The first-order chi connectivity index (χ1) is 12.8. The summed E-state index contributed by atoms with van der Waals surface area (Å²) in [6.45, 7) is 1.56. The molecule has 0 bridgehead atoms. The number of carbonyl (C=O) groups excluding carboxylic acids is 1. The van der Waals surface area contributed by atoms with E-state index < -0.39 is 5.60 Å². The first-order valence-corrected chi connectivity index (χ1v) is 9.53. The third-order valence-electron chi connectivity index (χ3n) is 5.45. The molecule has 0 amide bonds. The Hall–Kier alpha value is -2.55. The molecule has 1 fully saturated rings. The maximum absolute atomic E-state index is 12.2. The third kappa shape index (κ3) is 3.52. The Bertz CT molecular complexity index is 735. The Kier molecular flexibility index (Phi) is 4.79. The quantitative estimate of drug-likeness (QED) is 0.725. The normalized spacial score (nSPS) is 18.5. The second-order valence-corrected chi connectivity index (χ2v) is 7.33. The molecule has 134 valence electrons. The number of hydrogen-bond acceptors (Lipinski definition) is 3. The van der Waals surface area contributed by atoms with Gasteiger partial charge in [-0.05, 0) is 36.8 Å². The summed E-state index contributed by atoms with van der Waals surface area (Å²) in [7, 11) is 0. The fraction of sp³-hybridized carbons (Fsp3) is 0.348. The van der Waals surface area contributed by atoms with E-state index in [0.717, 1.165) is 44.5 Å². The molecule has 0 atom stereocenters. The van der Waals surface area contributed by atoms with Crippen LogP contribution in [0.5, 0.6) is 0 Å². The molecule has 0 aromatic heterocycles. The molecule has 1 saturated carbocycles. The topological polar surface area (TPSA) is 29.5 Å². The predicted octanol–water partition coefficient (Wildman–Crippen LogP) is 4.83. The van der Waals surface area contributed by atoms with E-state index >= 15 is 0 Å². The minimum Gasteiger partial charge on any atom is -0.449 e. The molecule has 3 heteroatoms. The van der Waals surface area contributed by atoms with Gasteiger partial charge in [0.2, 0.25) is 0 Å². The minimum atomic E-state index is -0.418. The van der Waals surface area contributed by atoms with Crippen LogP contribution in [-0.2, 0) is 22.6 Å². The summed E-state index contributed by atoms with van der Waals surface area (Å²) in [4.78, 5) is 14.5. The van der Waals surface area contributed by atoms with Crippen LogP contribution in [0.1, 0.15) is 43.2 Å². The van der Waals surface area contributed by atoms with Gasteiger partial charge in [-0.15, -0.1) is 0 Å². The van der Waals surface area contributed by atoms with Crippen molar-refractivity contribution in [1.29, 1.82) is 0 Å². The standard InChI is InChI=1S/C23H25NO2/c25-22-16-21(23(26-22)14-8-3-9-15-23)24(17-19-10-4-1-5-11-19)18-20-12-6-2-7-13-20/h1-2,4-7,10-13,16H,3,8-9,14-15,17-18H2. The van der Waals surface area contributed by atoms with Crippen molar-refractivity contribution in [3.05, 3.63) is 83.6 Å². The van der Waals surface area contributed by atoms with Crippen LogP contribution in [0.25, 0.3) is 0 Å². The highest BCUT2D eigenvalue weighted by Gasteiger charge is 2.46. The average molecular weight is 347 g/mol. The molecule has 1 heterocycles. The van der Waals surface area contributed by atoms with Gasteiger partial charge >= 0.3 is 5.97 Å². The molecule has 3 nitrogen and oxygen atoms in total. The second-order valence-electron chi connectivity index (χ2n) is 7.33. The Morgan fingerprint density at radius 1 is 0.808 bits per heavy atom. The highest BCUT2D eigenvalue weighted by atomic mass is 16.6. The summed E-state index contributed by atoms with van der Waals surface area (Å²) >= 11 is 0. The second kappa shape index (κ2) is 7.36. The van der Waals surface area contributed by atoms with Gasteiger partial charge < -0.3 is 9.64 Å². The molecule has 1 aliphatic carbocycles. The van der Waals surface area contributed by atoms with Gasteiger partial charge in [0, 0.05) is 19.2 Å². The summed E-state index contributed by atoms with van der Waals surface area (Å²) in [5, 5.41) is 0. The minimum absolute atomic E-state index is 0.187. The molecule has 26 heavy (non-hydrogen) atoms. The lowest BCUT2D eigenvalue weighted by Gasteiger charge is -2.40. The maximum atomic E-state index is 12.2. The number of benzene rings is 2. The molecule has 0 radical (unpaired) electrons. The number of hydrogen-bond donors (Lipinski definition) is 0. The van der Waals surface area contributed by atoms with Crippen molar-refractivity contribution in [2.45, 2.75) is 50.8 Å². The molecule has 2 aliphatic rings. The first-order valence-electron chi connectivity index (χ1n) is 9.53. The summed E-state index contributed by atoms with van der Waals surface area (Å²) in [5.74, 6) is -0.187. The fourth-order valence-corrected chi connectivity index (χ4v) is 4.21. The van der Waals surface area contributed by atoms with Crippen molar-refractivity contribution in [2.75, 3.05) is 0 Å². The molecule has 2 aromatic rings. The van der Waals surface area contributed by atoms with Crippen molar-refractivity contribution in [2.24, 2.45) is 0 Å². The van der Waals surface area contributed by atoms with E-state index in [1.165, 1.54) is 17.5 Å². The maximum Gasteiger partial charge on any atom is 0.333 e. The molecular weight excluding hydrogens is 322 g/mol. The van der Waals surface area contributed by atoms with E-state index in [4.69, 9.17) is 4.74 Å². The van der Waals surface area contributed by atoms with Crippen LogP contribution in [0.2, 0.25) is 0 Å². The van der Waals surface area contributed by atoms with Crippen molar-refractivity contribution in [3.8, 4) is 0 Å². The van der Waals surface area contributed by atoms with E-state index in [2.05, 4.69) is 53.4 Å². The Balaban J connectivity index is 1.66. The smallest absolute Gasteiger partial charge is 0.333 e. The monoisotopic (exact) mass is 347 g/mol. The zero-order valence-corrected chi connectivity index (χ0v) is 15.1. The zero-order chi connectivity index (χ0) is 17.8. The SMILES string of the molecule is O=C1C=C(N(Cc2ccccc2)Cc2ccccc2)C2(CCCCC2)O1. The van der Waals surface area contributed by atoms with Gasteiger partial charge in [-0.25, -0.2) is 4.79 Å². The van der Waals surface area contributed by atoms with Crippen molar-refractivity contribution in [3.63, 3.8) is 0 Å². The van der Waals surface area contributed by atoms with Crippen LogP contribution in [0.15, 0.2) is 72.4 Å². The third-order valence-corrected chi connectivity index (χ3v) is 5.45. The zero-order valence-electron chi connectivity index (χ0n) is 15.1. The molecule has 0 unspecified atom stereocenters. The number of rotatable bonds is 5. The summed E-state index contributed by atoms with van der Waals surface area (Å²) in [6.07, 6.45) is 7.07. The lowest BCUT2D eigenvalue weighted by Crippen LogP contribution is -2.41. The number of esters is 1. The largest absolute Gasteiger partial charge is 0.449 e. The van der Waals surface area contributed by atoms with Crippen LogP contribution >= 0.6 is 0 Å². The van der Waals surface area contributed by atoms with Crippen molar-refractivity contribution < 1.29 is 9.53 Å². The Labute approximate surface area is 155 Å². The Morgan fingerprint density at radius 2 is 1.35 bits per heavy atom. The molecule has 0 saturated heterocycles. The van der Waals surface area contributed by atoms with Gasteiger partial charge in [0.1, 0.15) is 0 Å². The summed E-state index contributed by atoms with van der Waals surface area (Å²) in [6, 6.07) is 20.9. The molecule has 0 N–H and O–H groups in total. The number of carbonyl (C=O) groups is 1. The average Bonchev–Trinajstić information content (AvgIpc) is 2.99. The molecule has 2 aromatic carbocycles. The number of ether oxygens (including phenoxy) is 1. The summed E-state index contributed by atoms with van der Waals surface area (Å²) < 4.78 is 5.89. The van der Waals surface area contributed by atoms with Crippen LogP contribution in [0.3, 0.4) is 0 Å². The van der Waals surface area contributed by atoms with Gasteiger partial charge in [0.05, 0.1) is 5.70 Å².